The van der Waals surface area contributed by atoms with Crippen molar-refractivity contribution in [1.82, 2.24) is 0 Å². The van der Waals surface area contributed by atoms with Crippen LogP contribution in [0, 0.1) is 0 Å². The third kappa shape index (κ3) is 4.53. The molecule has 1 aliphatic heterocycles. The minimum atomic E-state index is -0.625. The smallest absolute Gasteiger partial charge is 0.101 e. The number of benzene rings is 1. The van der Waals surface area contributed by atoms with Gasteiger partial charge in [-0.3, -0.25) is 0 Å². The maximum absolute atomic E-state index is 10.7. The van der Waals surface area contributed by atoms with Crippen LogP contribution >= 0.6 is 0 Å². The van der Waals surface area contributed by atoms with E-state index in [1.54, 1.807) is 0 Å². The van der Waals surface area contributed by atoms with Gasteiger partial charge in [-0.2, -0.15) is 0 Å². The zero-order valence-electron chi connectivity index (χ0n) is 13.2. The van der Waals surface area contributed by atoms with Gasteiger partial charge in [0.2, 0.25) is 0 Å². The minimum Gasteiger partial charge on any atom is -0.387 e. The van der Waals surface area contributed by atoms with Gasteiger partial charge in [-0.15, -0.1) is 0 Å². The third-order valence-electron chi connectivity index (χ3n) is 4.97. The highest BCUT2D eigenvalue weighted by Crippen LogP contribution is 2.28. The Morgan fingerprint density at radius 1 is 1.18 bits per heavy atom. The van der Waals surface area contributed by atoms with Crippen LogP contribution in [0.1, 0.15) is 37.7 Å². The second kappa shape index (κ2) is 7.55. The Bertz CT molecular complexity index is 437. The molecule has 122 valence electrons. The standard InChI is InChI=1S/C18H27NO3/c20-18(14-22-17-8-11-21-13-17)9-6-16(7-10-18)19-12-15-4-2-1-3-5-15/h1-5,16-17,19-20H,6-14H2/p+1/t16?,17-,18?/m0/s1. The Morgan fingerprint density at radius 3 is 2.64 bits per heavy atom. The van der Waals surface area contributed by atoms with Crippen LogP contribution in [-0.2, 0) is 16.0 Å². The third-order valence-corrected chi connectivity index (χ3v) is 4.97. The molecule has 1 aliphatic carbocycles. The van der Waals surface area contributed by atoms with Crippen molar-refractivity contribution >= 4 is 0 Å². The Hall–Kier alpha value is -0.940. The number of nitrogens with two attached hydrogens (primary N) is 1. The summed E-state index contributed by atoms with van der Waals surface area (Å²) < 4.78 is 11.1. The molecule has 3 N–H and O–H groups in total. The van der Waals surface area contributed by atoms with E-state index >= 15 is 0 Å². The summed E-state index contributed by atoms with van der Waals surface area (Å²) in [7, 11) is 0. The summed E-state index contributed by atoms with van der Waals surface area (Å²) in [5.74, 6) is 0. The van der Waals surface area contributed by atoms with Crippen LogP contribution in [-0.4, -0.2) is 42.7 Å². The number of ether oxygens (including phenoxy) is 2. The number of rotatable bonds is 6. The highest BCUT2D eigenvalue weighted by atomic mass is 16.5. The van der Waals surface area contributed by atoms with Crippen LogP contribution < -0.4 is 5.32 Å². The summed E-state index contributed by atoms with van der Waals surface area (Å²) >= 11 is 0. The lowest BCUT2D eigenvalue weighted by atomic mass is 9.82. The van der Waals surface area contributed by atoms with Gasteiger partial charge in [0.15, 0.2) is 0 Å². The molecule has 1 atom stereocenters. The molecule has 0 bridgehead atoms. The van der Waals surface area contributed by atoms with Gasteiger partial charge in [0, 0.05) is 25.0 Å². The van der Waals surface area contributed by atoms with Crippen LogP contribution in [0.5, 0.6) is 0 Å². The fraction of sp³-hybridized carbons (Fsp3) is 0.667. The summed E-state index contributed by atoms with van der Waals surface area (Å²) in [4.78, 5) is 0. The second-order valence-electron chi connectivity index (χ2n) is 6.78. The monoisotopic (exact) mass is 306 g/mol. The predicted octanol–water partition coefficient (Wildman–Crippen LogP) is 1.23. The van der Waals surface area contributed by atoms with Crippen molar-refractivity contribution in [2.75, 3.05) is 19.8 Å². The summed E-state index contributed by atoms with van der Waals surface area (Å²) in [6.07, 6.45) is 4.96. The summed E-state index contributed by atoms with van der Waals surface area (Å²) in [6, 6.07) is 11.2. The Balaban J connectivity index is 1.37. The van der Waals surface area contributed by atoms with Crippen molar-refractivity contribution in [3.63, 3.8) is 0 Å². The molecule has 0 unspecified atom stereocenters. The van der Waals surface area contributed by atoms with Crippen molar-refractivity contribution in [3.8, 4) is 0 Å². The molecule has 1 aromatic rings. The highest BCUT2D eigenvalue weighted by Gasteiger charge is 2.35. The quantitative estimate of drug-likeness (QED) is 0.831. The number of quaternary nitrogens is 1. The van der Waals surface area contributed by atoms with Gasteiger partial charge in [0.25, 0.3) is 0 Å². The van der Waals surface area contributed by atoms with Gasteiger partial charge in [0.05, 0.1) is 31.0 Å². The summed E-state index contributed by atoms with van der Waals surface area (Å²) in [6.45, 7) is 2.97. The van der Waals surface area contributed by atoms with Gasteiger partial charge in [-0.05, 0) is 19.3 Å². The van der Waals surface area contributed by atoms with Gasteiger partial charge in [-0.25, -0.2) is 0 Å². The molecule has 0 spiro atoms. The molecule has 1 aromatic carbocycles. The van der Waals surface area contributed by atoms with E-state index in [1.807, 2.05) is 0 Å². The van der Waals surface area contributed by atoms with Gasteiger partial charge >= 0.3 is 0 Å². The average molecular weight is 306 g/mol. The Morgan fingerprint density at radius 2 is 1.95 bits per heavy atom. The highest BCUT2D eigenvalue weighted by molar-refractivity contribution is 5.13. The molecule has 0 aromatic heterocycles. The van der Waals surface area contributed by atoms with E-state index in [2.05, 4.69) is 35.6 Å². The second-order valence-corrected chi connectivity index (χ2v) is 6.78. The van der Waals surface area contributed by atoms with Crippen LogP contribution in [0.2, 0.25) is 0 Å². The molecule has 1 saturated heterocycles. The van der Waals surface area contributed by atoms with E-state index in [4.69, 9.17) is 9.47 Å². The normalized spacial score (nSPS) is 32.2. The first kappa shape index (κ1) is 15.9. The molecule has 3 rings (SSSR count). The van der Waals surface area contributed by atoms with Crippen LogP contribution in [0.3, 0.4) is 0 Å². The zero-order chi connectivity index (χ0) is 15.3. The first-order valence-corrected chi connectivity index (χ1v) is 8.52. The van der Waals surface area contributed by atoms with E-state index in [-0.39, 0.29) is 6.10 Å². The fourth-order valence-corrected chi connectivity index (χ4v) is 3.39. The molecule has 22 heavy (non-hydrogen) atoms. The largest absolute Gasteiger partial charge is 0.387 e. The van der Waals surface area contributed by atoms with Crippen LogP contribution in [0.15, 0.2) is 30.3 Å². The summed E-state index contributed by atoms with van der Waals surface area (Å²) in [5.41, 5.74) is 0.743. The molecule has 1 heterocycles. The van der Waals surface area contributed by atoms with E-state index in [0.717, 1.165) is 45.3 Å². The molecular weight excluding hydrogens is 278 g/mol. The average Bonchev–Trinajstić information content (AvgIpc) is 3.07. The Labute approximate surface area is 132 Å². The van der Waals surface area contributed by atoms with Crippen LogP contribution in [0.4, 0.5) is 0 Å². The van der Waals surface area contributed by atoms with Crippen LogP contribution in [0.25, 0.3) is 0 Å². The van der Waals surface area contributed by atoms with Crippen molar-refractivity contribution < 1.29 is 19.9 Å². The summed E-state index contributed by atoms with van der Waals surface area (Å²) in [5, 5.41) is 13.1. The lowest BCUT2D eigenvalue weighted by molar-refractivity contribution is -0.707. The maximum atomic E-state index is 10.7. The van der Waals surface area contributed by atoms with E-state index in [1.165, 1.54) is 5.56 Å². The predicted molar refractivity (Wildman–Crippen MR) is 84.5 cm³/mol. The maximum Gasteiger partial charge on any atom is 0.101 e. The minimum absolute atomic E-state index is 0.186. The molecule has 2 aliphatic rings. The first-order chi connectivity index (χ1) is 10.7. The van der Waals surface area contributed by atoms with Crippen molar-refractivity contribution in [3.05, 3.63) is 35.9 Å². The lowest BCUT2D eigenvalue weighted by Gasteiger charge is -2.35. The molecular formula is C18H28NO3+. The van der Waals surface area contributed by atoms with Gasteiger partial charge < -0.3 is 19.9 Å². The van der Waals surface area contributed by atoms with Crippen molar-refractivity contribution in [2.24, 2.45) is 0 Å². The van der Waals surface area contributed by atoms with Gasteiger partial charge in [-0.1, -0.05) is 30.3 Å². The SMILES string of the molecule is OC1(CO[C@H]2CCOC2)CCC([NH2+]Cc2ccccc2)CC1. The van der Waals surface area contributed by atoms with Crippen molar-refractivity contribution in [2.45, 2.75) is 56.4 Å². The molecule has 0 amide bonds. The Kier molecular flexibility index (Phi) is 5.47. The zero-order valence-corrected chi connectivity index (χ0v) is 13.2. The fourth-order valence-electron chi connectivity index (χ4n) is 3.39. The van der Waals surface area contributed by atoms with Gasteiger partial charge in [0.1, 0.15) is 6.54 Å². The number of hydrogen-bond acceptors (Lipinski definition) is 3. The molecule has 2 fully saturated rings. The van der Waals surface area contributed by atoms with E-state index in [0.29, 0.717) is 19.3 Å². The molecule has 1 saturated carbocycles. The molecule has 4 nitrogen and oxygen atoms in total. The topological polar surface area (TPSA) is 55.3 Å². The van der Waals surface area contributed by atoms with E-state index in [9.17, 15) is 5.11 Å². The molecule has 4 heteroatoms. The number of aliphatic hydroxyl groups is 1. The van der Waals surface area contributed by atoms with E-state index < -0.39 is 5.60 Å². The van der Waals surface area contributed by atoms with Crippen molar-refractivity contribution in [1.29, 1.82) is 0 Å². The lowest BCUT2D eigenvalue weighted by Crippen LogP contribution is -2.89. The molecule has 0 radical (unpaired) electrons. The first-order valence-electron chi connectivity index (χ1n) is 8.52. The number of hydrogen-bond donors (Lipinski definition) is 2.